The van der Waals surface area contributed by atoms with Gasteiger partial charge in [0.15, 0.2) is 0 Å². The first kappa shape index (κ1) is 13.6. The third-order valence-corrected chi connectivity index (χ3v) is 3.72. The van der Waals surface area contributed by atoms with Crippen LogP contribution in [-0.2, 0) is 0 Å². The molecule has 1 N–H and O–H groups in total. The van der Waals surface area contributed by atoms with Crippen molar-refractivity contribution in [3.05, 3.63) is 10.7 Å². The van der Waals surface area contributed by atoms with E-state index in [-0.39, 0.29) is 0 Å². The van der Waals surface area contributed by atoms with Gasteiger partial charge in [-0.2, -0.15) is 4.98 Å². The van der Waals surface area contributed by atoms with Gasteiger partial charge in [-0.05, 0) is 41.1 Å². The van der Waals surface area contributed by atoms with Gasteiger partial charge in [-0.25, -0.2) is 4.98 Å². The van der Waals surface area contributed by atoms with E-state index in [1.165, 1.54) is 19.3 Å². The highest BCUT2D eigenvalue weighted by Crippen LogP contribution is 2.35. The SMILES string of the molecule is CNc1ncc(Br)c(N(CCC(C)C)C2CC2)n1. The van der Waals surface area contributed by atoms with Crippen LogP contribution in [0.1, 0.15) is 33.1 Å². The van der Waals surface area contributed by atoms with Gasteiger partial charge in [-0.1, -0.05) is 13.8 Å². The standard InChI is InChI=1S/C13H21BrN4/c1-9(2)6-7-18(10-4-5-10)12-11(14)8-16-13(15-3)17-12/h8-10H,4-7H2,1-3H3,(H,15,16,17). The Balaban J connectivity index is 2.18. The fourth-order valence-electron chi connectivity index (χ4n) is 1.92. The van der Waals surface area contributed by atoms with Crippen LogP contribution in [0.25, 0.3) is 0 Å². The van der Waals surface area contributed by atoms with Crippen LogP contribution in [0.2, 0.25) is 0 Å². The predicted molar refractivity (Wildman–Crippen MR) is 79.1 cm³/mol. The van der Waals surface area contributed by atoms with E-state index in [0.29, 0.717) is 12.0 Å². The monoisotopic (exact) mass is 312 g/mol. The molecule has 0 amide bonds. The molecule has 100 valence electrons. The highest BCUT2D eigenvalue weighted by atomic mass is 79.9. The summed E-state index contributed by atoms with van der Waals surface area (Å²) in [6.07, 6.45) is 5.59. The van der Waals surface area contributed by atoms with Gasteiger partial charge in [0.2, 0.25) is 5.95 Å². The maximum absolute atomic E-state index is 4.59. The molecule has 1 saturated carbocycles. The molecule has 1 fully saturated rings. The Kier molecular flexibility index (Phi) is 4.43. The Morgan fingerprint density at radius 3 is 2.78 bits per heavy atom. The molecule has 0 spiro atoms. The number of nitrogens with zero attached hydrogens (tertiary/aromatic N) is 3. The highest BCUT2D eigenvalue weighted by molar-refractivity contribution is 9.10. The molecule has 2 rings (SSSR count). The zero-order chi connectivity index (χ0) is 13.1. The summed E-state index contributed by atoms with van der Waals surface area (Å²) >= 11 is 3.57. The van der Waals surface area contributed by atoms with Crippen LogP contribution in [0.3, 0.4) is 0 Å². The second-order valence-corrected chi connectivity index (χ2v) is 6.08. The van der Waals surface area contributed by atoms with E-state index in [1.54, 1.807) is 0 Å². The Morgan fingerprint density at radius 2 is 2.22 bits per heavy atom. The van der Waals surface area contributed by atoms with Crippen molar-refractivity contribution in [1.29, 1.82) is 0 Å². The lowest BCUT2D eigenvalue weighted by molar-refractivity contribution is 0.568. The van der Waals surface area contributed by atoms with Gasteiger partial charge >= 0.3 is 0 Å². The smallest absolute Gasteiger partial charge is 0.224 e. The fourth-order valence-corrected chi connectivity index (χ4v) is 2.34. The molecule has 0 bridgehead atoms. The van der Waals surface area contributed by atoms with Crippen LogP contribution in [0.15, 0.2) is 10.7 Å². The summed E-state index contributed by atoms with van der Waals surface area (Å²) in [6.45, 7) is 5.60. The molecule has 0 radical (unpaired) electrons. The summed E-state index contributed by atoms with van der Waals surface area (Å²) in [6, 6.07) is 0.666. The molecule has 0 atom stereocenters. The van der Waals surface area contributed by atoms with Gasteiger partial charge in [0.25, 0.3) is 0 Å². The lowest BCUT2D eigenvalue weighted by atomic mass is 10.1. The van der Waals surface area contributed by atoms with E-state index in [1.807, 2.05) is 13.2 Å². The number of hydrogen-bond acceptors (Lipinski definition) is 4. The van der Waals surface area contributed by atoms with E-state index < -0.39 is 0 Å². The van der Waals surface area contributed by atoms with Gasteiger partial charge in [0.1, 0.15) is 5.82 Å². The summed E-state index contributed by atoms with van der Waals surface area (Å²) in [7, 11) is 1.85. The van der Waals surface area contributed by atoms with Crippen molar-refractivity contribution in [2.45, 2.75) is 39.2 Å². The Bertz CT molecular complexity index is 404. The van der Waals surface area contributed by atoms with Crippen LogP contribution < -0.4 is 10.2 Å². The average Bonchev–Trinajstić information content (AvgIpc) is 3.15. The number of anilines is 2. The summed E-state index contributed by atoms with van der Waals surface area (Å²) in [5, 5.41) is 3.00. The van der Waals surface area contributed by atoms with Crippen LogP contribution >= 0.6 is 15.9 Å². The molecule has 1 aromatic heterocycles. The first-order valence-electron chi connectivity index (χ1n) is 6.58. The number of hydrogen-bond donors (Lipinski definition) is 1. The van der Waals surface area contributed by atoms with Gasteiger partial charge in [0, 0.05) is 25.8 Å². The lowest BCUT2D eigenvalue weighted by Gasteiger charge is -2.25. The predicted octanol–water partition coefficient (Wildman–Crippen LogP) is 3.30. The van der Waals surface area contributed by atoms with Gasteiger partial charge in [0.05, 0.1) is 4.47 Å². The topological polar surface area (TPSA) is 41.1 Å². The van der Waals surface area contributed by atoms with Crippen LogP contribution in [0.5, 0.6) is 0 Å². The van der Waals surface area contributed by atoms with Crippen molar-refractivity contribution in [3.8, 4) is 0 Å². The molecule has 5 heteroatoms. The maximum Gasteiger partial charge on any atom is 0.224 e. The lowest BCUT2D eigenvalue weighted by Crippen LogP contribution is -2.29. The zero-order valence-electron chi connectivity index (χ0n) is 11.3. The van der Waals surface area contributed by atoms with Crippen LogP contribution in [0, 0.1) is 5.92 Å². The molecular formula is C13H21BrN4. The second kappa shape index (κ2) is 5.87. The average molecular weight is 313 g/mol. The van der Waals surface area contributed by atoms with E-state index in [9.17, 15) is 0 Å². The van der Waals surface area contributed by atoms with Gasteiger partial charge in [-0.15, -0.1) is 0 Å². The third kappa shape index (κ3) is 3.34. The molecule has 0 saturated heterocycles. The minimum absolute atomic E-state index is 0.666. The molecule has 4 nitrogen and oxygen atoms in total. The minimum atomic E-state index is 0.666. The number of rotatable bonds is 6. The number of aromatic nitrogens is 2. The van der Waals surface area contributed by atoms with Crippen LogP contribution in [-0.4, -0.2) is 29.6 Å². The molecule has 1 aromatic rings. The largest absolute Gasteiger partial charge is 0.357 e. The summed E-state index contributed by atoms with van der Waals surface area (Å²) in [5.41, 5.74) is 0. The molecule has 1 aliphatic rings. The van der Waals surface area contributed by atoms with Crippen molar-refractivity contribution >= 4 is 27.7 Å². The third-order valence-electron chi connectivity index (χ3n) is 3.16. The van der Waals surface area contributed by atoms with Crippen molar-refractivity contribution in [1.82, 2.24) is 9.97 Å². The Hall–Kier alpha value is -0.840. The normalized spacial score (nSPS) is 14.9. The Labute approximate surface area is 117 Å². The summed E-state index contributed by atoms with van der Waals surface area (Å²) in [4.78, 5) is 11.2. The molecular weight excluding hydrogens is 292 g/mol. The number of halogens is 1. The van der Waals surface area contributed by atoms with Crippen molar-refractivity contribution < 1.29 is 0 Å². The van der Waals surface area contributed by atoms with E-state index in [2.05, 4.69) is 50.0 Å². The van der Waals surface area contributed by atoms with Crippen molar-refractivity contribution in [3.63, 3.8) is 0 Å². The zero-order valence-corrected chi connectivity index (χ0v) is 12.9. The molecule has 0 aliphatic heterocycles. The summed E-state index contributed by atoms with van der Waals surface area (Å²) < 4.78 is 0.983. The van der Waals surface area contributed by atoms with Crippen molar-refractivity contribution in [2.24, 2.45) is 5.92 Å². The molecule has 1 aliphatic carbocycles. The molecule has 0 unspecified atom stereocenters. The van der Waals surface area contributed by atoms with Crippen molar-refractivity contribution in [2.75, 3.05) is 23.8 Å². The minimum Gasteiger partial charge on any atom is -0.357 e. The van der Waals surface area contributed by atoms with E-state index >= 15 is 0 Å². The molecule has 0 aromatic carbocycles. The van der Waals surface area contributed by atoms with Gasteiger partial charge < -0.3 is 10.2 Å². The molecule has 1 heterocycles. The van der Waals surface area contributed by atoms with Gasteiger partial charge in [-0.3, -0.25) is 0 Å². The summed E-state index contributed by atoms with van der Waals surface area (Å²) in [5.74, 6) is 2.43. The Morgan fingerprint density at radius 1 is 1.50 bits per heavy atom. The van der Waals surface area contributed by atoms with E-state index in [0.717, 1.165) is 22.8 Å². The maximum atomic E-state index is 4.59. The number of nitrogens with one attached hydrogen (secondary N) is 1. The first-order chi connectivity index (χ1) is 8.61. The van der Waals surface area contributed by atoms with E-state index in [4.69, 9.17) is 0 Å². The fraction of sp³-hybridized carbons (Fsp3) is 0.692. The molecule has 18 heavy (non-hydrogen) atoms. The van der Waals surface area contributed by atoms with Crippen LogP contribution in [0.4, 0.5) is 11.8 Å². The highest BCUT2D eigenvalue weighted by Gasteiger charge is 2.31. The first-order valence-corrected chi connectivity index (χ1v) is 7.38. The second-order valence-electron chi connectivity index (χ2n) is 5.22. The quantitative estimate of drug-likeness (QED) is 0.875.